The molecule has 1 aromatic heterocycles. The number of benzene rings is 1. The maximum absolute atomic E-state index is 5.99. The van der Waals surface area contributed by atoms with Gasteiger partial charge in [0.05, 0.1) is 19.7 Å². The number of anilines is 2. The third kappa shape index (κ3) is 3.43. The van der Waals surface area contributed by atoms with E-state index < -0.39 is 0 Å². The second kappa shape index (κ2) is 6.45. The summed E-state index contributed by atoms with van der Waals surface area (Å²) in [5, 5.41) is 3.85. The van der Waals surface area contributed by atoms with Crippen molar-refractivity contribution in [3.8, 4) is 11.5 Å². The summed E-state index contributed by atoms with van der Waals surface area (Å²) in [4.78, 5) is 8.69. The standard InChI is InChI=1S/C14H21N5O2/c1-8(15)4-5-17-14-18-10-7-12(21-3)11(20-2)6-9(10)13(16)19-14/h6-8H,4-5,15H2,1-3H3,(H3,16,17,18,19). The van der Waals surface area contributed by atoms with Crippen LogP contribution in [0.3, 0.4) is 0 Å². The summed E-state index contributed by atoms with van der Waals surface area (Å²) >= 11 is 0. The summed E-state index contributed by atoms with van der Waals surface area (Å²) in [5.74, 6) is 2.07. The van der Waals surface area contributed by atoms with E-state index >= 15 is 0 Å². The number of rotatable bonds is 6. The maximum atomic E-state index is 5.99. The van der Waals surface area contributed by atoms with Gasteiger partial charge in [0, 0.05) is 24.0 Å². The quantitative estimate of drug-likeness (QED) is 0.737. The van der Waals surface area contributed by atoms with E-state index in [0.29, 0.717) is 35.3 Å². The van der Waals surface area contributed by atoms with E-state index in [0.717, 1.165) is 11.8 Å². The SMILES string of the molecule is COc1cc2nc(NCCC(C)N)nc(N)c2cc1OC. The minimum absolute atomic E-state index is 0.125. The molecule has 21 heavy (non-hydrogen) atoms. The fourth-order valence-corrected chi connectivity index (χ4v) is 1.97. The van der Waals surface area contributed by atoms with Crippen LogP contribution in [0.1, 0.15) is 13.3 Å². The van der Waals surface area contributed by atoms with Crippen molar-refractivity contribution in [3.63, 3.8) is 0 Å². The molecule has 7 heteroatoms. The average molecular weight is 291 g/mol. The van der Waals surface area contributed by atoms with Crippen molar-refractivity contribution in [1.29, 1.82) is 0 Å². The van der Waals surface area contributed by atoms with E-state index in [1.807, 2.05) is 6.92 Å². The van der Waals surface area contributed by atoms with Crippen LogP contribution in [0.15, 0.2) is 12.1 Å². The number of nitrogens with zero attached hydrogens (tertiary/aromatic N) is 2. The first-order valence-electron chi connectivity index (χ1n) is 6.74. The van der Waals surface area contributed by atoms with E-state index in [1.54, 1.807) is 26.4 Å². The highest BCUT2D eigenvalue weighted by Crippen LogP contribution is 2.33. The van der Waals surface area contributed by atoms with Crippen molar-refractivity contribution in [2.75, 3.05) is 31.8 Å². The van der Waals surface area contributed by atoms with Crippen molar-refractivity contribution >= 4 is 22.7 Å². The molecular weight excluding hydrogens is 270 g/mol. The van der Waals surface area contributed by atoms with E-state index in [2.05, 4.69) is 15.3 Å². The summed E-state index contributed by atoms with van der Waals surface area (Å²) in [6, 6.07) is 3.68. The molecule has 0 radical (unpaired) electrons. The highest BCUT2D eigenvalue weighted by molar-refractivity contribution is 5.91. The Kier molecular flexibility index (Phi) is 4.64. The highest BCUT2D eigenvalue weighted by Gasteiger charge is 2.11. The lowest BCUT2D eigenvalue weighted by Crippen LogP contribution is -2.19. The number of ether oxygens (including phenoxy) is 2. The summed E-state index contributed by atoms with van der Waals surface area (Å²) in [6.07, 6.45) is 0.827. The first kappa shape index (κ1) is 15.1. The Labute approximate surface area is 123 Å². The van der Waals surface area contributed by atoms with Crippen molar-refractivity contribution in [1.82, 2.24) is 9.97 Å². The molecule has 2 aromatic rings. The van der Waals surface area contributed by atoms with Crippen LogP contribution in [0, 0.1) is 0 Å². The van der Waals surface area contributed by atoms with Gasteiger partial charge in [-0.15, -0.1) is 0 Å². The predicted molar refractivity (Wildman–Crippen MR) is 83.8 cm³/mol. The van der Waals surface area contributed by atoms with Crippen LogP contribution in [0.4, 0.5) is 11.8 Å². The number of nitrogens with one attached hydrogen (secondary N) is 1. The normalized spacial score (nSPS) is 12.2. The topological polar surface area (TPSA) is 108 Å². The lowest BCUT2D eigenvalue weighted by molar-refractivity contribution is 0.356. The number of fused-ring (bicyclic) bond motifs is 1. The summed E-state index contributed by atoms with van der Waals surface area (Å²) in [5.41, 5.74) is 12.4. The van der Waals surface area contributed by atoms with Crippen LogP contribution in [0.5, 0.6) is 11.5 Å². The van der Waals surface area contributed by atoms with Crippen molar-refractivity contribution in [2.24, 2.45) is 5.73 Å². The molecule has 0 amide bonds. The number of methoxy groups -OCH3 is 2. The van der Waals surface area contributed by atoms with Gasteiger partial charge in [0.15, 0.2) is 11.5 Å². The van der Waals surface area contributed by atoms with Gasteiger partial charge in [-0.1, -0.05) is 0 Å². The van der Waals surface area contributed by atoms with Crippen LogP contribution >= 0.6 is 0 Å². The molecule has 5 N–H and O–H groups in total. The van der Waals surface area contributed by atoms with Gasteiger partial charge in [0.25, 0.3) is 0 Å². The molecule has 0 saturated heterocycles. The Morgan fingerprint density at radius 3 is 2.48 bits per heavy atom. The molecule has 0 aliphatic carbocycles. The van der Waals surface area contributed by atoms with Gasteiger partial charge in [-0.2, -0.15) is 4.98 Å². The molecule has 0 fully saturated rings. The summed E-state index contributed by atoms with van der Waals surface area (Å²) in [7, 11) is 3.15. The van der Waals surface area contributed by atoms with Crippen LogP contribution in [0.25, 0.3) is 10.9 Å². The van der Waals surface area contributed by atoms with Crippen LogP contribution in [-0.4, -0.2) is 36.8 Å². The van der Waals surface area contributed by atoms with E-state index in [9.17, 15) is 0 Å². The zero-order chi connectivity index (χ0) is 15.4. The Morgan fingerprint density at radius 1 is 1.19 bits per heavy atom. The van der Waals surface area contributed by atoms with Crippen LogP contribution in [0.2, 0.25) is 0 Å². The molecule has 1 aromatic carbocycles. The zero-order valence-corrected chi connectivity index (χ0v) is 12.5. The molecule has 7 nitrogen and oxygen atoms in total. The van der Waals surface area contributed by atoms with Crippen LogP contribution < -0.4 is 26.3 Å². The molecule has 1 heterocycles. The lowest BCUT2D eigenvalue weighted by Gasteiger charge is -2.12. The zero-order valence-electron chi connectivity index (χ0n) is 12.5. The van der Waals surface area contributed by atoms with E-state index in [1.165, 1.54) is 0 Å². The third-order valence-corrected chi connectivity index (χ3v) is 3.11. The molecule has 0 bridgehead atoms. The van der Waals surface area contributed by atoms with E-state index in [-0.39, 0.29) is 6.04 Å². The molecular formula is C14H21N5O2. The summed E-state index contributed by atoms with van der Waals surface area (Å²) < 4.78 is 10.5. The molecule has 0 spiro atoms. The monoisotopic (exact) mass is 291 g/mol. The van der Waals surface area contributed by atoms with Gasteiger partial charge in [-0.05, 0) is 19.4 Å². The number of hydrogen-bond acceptors (Lipinski definition) is 7. The van der Waals surface area contributed by atoms with E-state index in [4.69, 9.17) is 20.9 Å². The van der Waals surface area contributed by atoms with Gasteiger partial charge in [0.1, 0.15) is 5.82 Å². The summed E-state index contributed by atoms with van der Waals surface area (Å²) in [6.45, 7) is 2.64. The Bertz CT molecular complexity index is 630. The van der Waals surface area contributed by atoms with Gasteiger partial charge < -0.3 is 26.3 Å². The second-order valence-electron chi connectivity index (χ2n) is 4.85. The average Bonchev–Trinajstić information content (AvgIpc) is 2.45. The smallest absolute Gasteiger partial charge is 0.225 e. The molecule has 2 rings (SSSR count). The molecule has 0 aliphatic heterocycles. The molecule has 1 unspecified atom stereocenters. The second-order valence-corrected chi connectivity index (χ2v) is 4.85. The third-order valence-electron chi connectivity index (χ3n) is 3.11. The van der Waals surface area contributed by atoms with Crippen molar-refractivity contribution in [3.05, 3.63) is 12.1 Å². The van der Waals surface area contributed by atoms with Gasteiger partial charge in [0.2, 0.25) is 5.95 Å². The fourth-order valence-electron chi connectivity index (χ4n) is 1.97. The number of hydrogen-bond donors (Lipinski definition) is 3. The number of aromatic nitrogens is 2. The Hall–Kier alpha value is -2.28. The van der Waals surface area contributed by atoms with Gasteiger partial charge in [-0.3, -0.25) is 0 Å². The molecule has 1 atom stereocenters. The minimum Gasteiger partial charge on any atom is -0.493 e. The maximum Gasteiger partial charge on any atom is 0.225 e. The molecule has 114 valence electrons. The Balaban J connectivity index is 2.35. The van der Waals surface area contributed by atoms with Gasteiger partial charge >= 0.3 is 0 Å². The number of nitrogens with two attached hydrogens (primary N) is 2. The van der Waals surface area contributed by atoms with Crippen molar-refractivity contribution in [2.45, 2.75) is 19.4 Å². The number of nitrogen functional groups attached to an aromatic ring is 1. The highest BCUT2D eigenvalue weighted by atomic mass is 16.5. The minimum atomic E-state index is 0.125. The largest absolute Gasteiger partial charge is 0.493 e. The lowest BCUT2D eigenvalue weighted by atomic mass is 10.2. The first-order valence-corrected chi connectivity index (χ1v) is 6.74. The molecule has 0 aliphatic rings. The Morgan fingerprint density at radius 2 is 1.86 bits per heavy atom. The fraction of sp³-hybridized carbons (Fsp3) is 0.429. The van der Waals surface area contributed by atoms with Gasteiger partial charge in [-0.25, -0.2) is 4.98 Å². The predicted octanol–water partition coefficient (Wildman–Crippen LogP) is 1.38. The van der Waals surface area contributed by atoms with Crippen molar-refractivity contribution < 1.29 is 9.47 Å². The van der Waals surface area contributed by atoms with Crippen LogP contribution in [-0.2, 0) is 0 Å². The first-order chi connectivity index (χ1) is 10.0. The molecule has 0 saturated carbocycles.